The van der Waals surface area contributed by atoms with Crippen LogP contribution in [0.3, 0.4) is 0 Å². The van der Waals surface area contributed by atoms with Crippen molar-refractivity contribution in [1.29, 1.82) is 0 Å². The third-order valence-electron chi connectivity index (χ3n) is 5.64. The second-order valence-corrected chi connectivity index (χ2v) is 8.13. The molecule has 1 heterocycles. The zero-order chi connectivity index (χ0) is 26.2. The summed E-state index contributed by atoms with van der Waals surface area (Å²) in [5.41, 5.74) is 0.955. The highest BCUT2D eigenvalue weighted by Crippen LogP contribution is 2.28. The highest BCUT2D eigenvalue weighted by molar-refractivity contribution is 5.99. The Hall–Kier alpha value is -4.48. The summed E-state index contributed by atoms with van der Waals surface area (Å²) in [6.07, 6.45) is -0.215. The average molecular weight is 498 g/mol. The van der Waals surface area contributed by atoms with Crippen LogP contribution >= 0.6 is 0 Å². The molecule has 36 heavy (non-hydrogen) atoms. The van der Waals surface area contributed by atoms with Crippen LogP contribution < -0.4 is 20.7 Å². The van der Waals surface area contributed by atoms with Crippen LogP contribution in [-0.4, -0.2) is 61.0 Å². The van der Waals surface area contributed by atoms with Gasteiger partial charge in [-0.05, 0) is 17.2 Å². The van der Waals surface area contributed by atoms with Crippen LogP contribution in [0.1, 0.15) is 17.5 Å². The Morgan fingerprint density at radius 2 is 1.69 bits per heavy atom. The number of piperazine rings is 1. The number of nitrogens with zero attached hydrogens (tertiary/aromatic N) is 1. The van der Waals surface area contributed by atoms with E-state index in [0.717, 1.165) is 12.7 Å². The quantitative estimate of drug-likeness (QED) is 0.241. The third kappa shape index (κ3) is 6.56. The predicted octanol–water partition coefficient (Wildman–Crippen LogP) is 0.420. The van der Waals surface area contributed by atoms with Crippen LogP contribution in [0.2, 0.25) is 0 Å². The van der Waals surface area contributed by atoms with Crippen LogP contribution in [0, 0.1) is 10.1 Å². The maximum Gasteiger partial charge on any atom is 0.328 e. The van der Waals surface area contributed by atoms with E-state index in [1.54, 1.807) is 0 Å². The summed E-state index contributed by atoms with van der Waals surface area (Å²) >= 11 is 0. The molecule has 0 saturated carbocycles. The zero-order valence-corrected chi connectivity index (χ0v) is 19.7. The van der Waals surface area contributed by atoms with E-state index in [1.807, 2.05) is 30.3 Å². The Balaban J connectivity index is 1.63. The van der Waals surface area contributed by atoms with Gasteiger partial charge in [-0.1, -0.05) is 36.4 Å². The molecule has 3 rings (SSSR count). The normalized spacial score (nSPS) is 17.8. The number of amides is 3. The second-order valence-electron chi connectivity index (χ2n) is 8.13. The van der Waals surface area contributed by atoms with E-state index in [1.165, 1.54) is 25.3 Å². The number of hydrogen-bond acceptors (Lipinski definition) is 8. The van der Waals surface area contributed by atoms with Gasteiger partial charge in [-0.2, -0.15) is 0 Å². The van der Waals surface area contributed by atoms with Crippen molar-refractivity contribution in [2.45, 2.75) is 37.4 Å². The van der Waals surface area contributed by atoms with Gasteiger partial charge in [0.05, 0.1) is 25.6 Å². The summed E-state index contributed by atoms with van der Waals surface area (Å²) < 4.78 is 9.71. The van der Waals surface area contributed by atoms with Gasteiger partial charge in [-0.3, -0.25) is 24.5 Å². The van der Waals surface area contributed by atoms with E-state index in [0.29, 0.717) is 12.0 Å². The van der Waals surface area contributed by atoms with Gasteiger partial charge in [0, 0.05) is 18.9 Å². The molecule has 0 aliphatic carbocycles. The molecule has 2 aromatic carbocycles. The maximum atomic E-state index is 12.7. The fraction of sp³-hybridized carbons (Fsp3) is 0.333. The molecule has 2 aromatic rings. The summed E-state index contributed by atoms with van der Waals surface area (Å²) in [6, 6.07) is 10.2. The van der Waals surface area contributed by atoms with Gasteiger partial charge >= 0.3 is 11.7 Å². The molecule has 3 N–H and O–H groups in total. The molecule has 1 aliphatic rings. The molecule has 0 radical (unpaired) electrons. The maximum absolute atomic E-state index is 12.7. The van der Waals surface area contributed by atoms with E-state index in [-0.39, 0.29) is 17.9 Å². The molecular formula is C24H26N4O8. The van der Waals surface area contributed by atoms with E-state index in [4.69, 9.17) is 9.47 Å². The first-order valence-electron chi connectivity index (χ1n) is 11.0. The summed E-state index contributed by atoms with van der Waals surface area (Å²) in [7, 11) is 2.43. The Labute approximate surface area is 206 Å². The highest BCUT2D eigenvalue weighted by atomic mass is 16.6. The van der Waals surface area contributed by atoms with Crippen molar-refractivity contribution < 1.29 is 33.6 Å². The SMILES string of the molecule is COC(=O)[C@@H](Cc1ccc(OC)c([N+](=O)[O-])c1)NC(=O)C[C@@H]1NC(=O)[C@H](Cc2ccccc2)NC1=O. The van der Waals surface area contributed by atoms with Crippen LogP contribution in [-0.2, 0) is 36.8 Å². The lowest BCUT2D eigenvalue weighted by Gasteiger charge is -2.29. The second kappa shape index (κ2) is 11.8. The van der Waals surface area contributed by atoms with Crippen molar-refractivity contribution in [3.63, 3.8) is 0 Å². The summed E-state index contributed by atoms with van der Waals surface area (Å²) in [4.78, 5) is 60.6. The predicted molar refractivity (Wildman–Crippen MR) is 126 cm³/mol. The molecular weight excluding hydrogens is 472 g/mol. The molecule has 0 unspecified atom stereocenters. The van der Waals surface area contributed by atoms with E-state index in [2.05, 4.69) is 16.0 Å². The van der Waals surface area contributed by atoms with Crippen molar-refractivity contribution in [1.82, 2.24) is 16.0 Å². The average Bonchev–Trinajstić information content (AvgIpc) is 2.86. The Morgan fingerprint density at radius 1 is 1.03 bits per heavy atom. The van der Waals surface area contributed by atoms with E-state index >= 15 is 0 Å². The van der Waals surface area contributed by atoms with Gasteiger partial charge in [0.25, 0.3) is 0 Å². The van der Waals surface area contributed by atoms with Crippen LogP contribution in [0.5, 0.6) is 5.75 Å². The molecule has 0 bridgehead atoms. The number of carbonyl (C=O) groups excluding carboxylic acids is 4. The largest absolute Gasteiger partial charge is 0.490 e. The fourth-order valence-electron chi connectivity index (χ4n) is 3.83. The fourth-order valence-corrected chi connectivity index (χ4v) is 3.83. The van der Waals surface area contributed by atoms with Gasteiger partial charge in [0.1, 0.15) is 18.1 Å². The number of nitro groups is 1. The Bertz CT molecular complexity index is 1150. The van der Waals surface area contributed by atoms with Gasteiger partial charge in [-0.15, -0.1) is 0 Å². The minimum absolute atomic E-state index is 0.0482. The highest BCUT2D eigenvalue weighted by Gasteiger charge is 2.35. The molecule has 0 spiro atoms. The number of carbonyl (C=O) groups is 4. The monoisotopic (exact) mass is 498 g/mol. The molecule has 190 valence electrons. The van der Waals surface area contributed by atoms with Crippen molar-refractivity contribution in [3.8, 4) is 5.75 Å². The molecule has 3 atom stereocenters. The number of benzene rings is 2. The molecule has 12 heteroatoms. The molecule has 1 aliphatic heterocycles. The van der Waals surface area contributed by atoms with Crippen molar-refractivity contribution >= 4 is 29.4 Å². The molecule has 0 aromatic heterocycles. The summed E-state index contributed by atoms with van der Waals surface area (Å²) in [5.74, 6) is -2.36. The smallest absolute Gasteiger partial charge is 0.328 e. The molecule has 1 saturated heterocycles. The summed E-state index contributed by atoms with van der Waals surface area (Å²) in [6.45, 7) is 0. The topological polar surface area (TPSA) is 166 Å². The van der Waals surface area contributed by atoms with Gasteiger partial charge < -0.3 is 25.4 Å². The first kappa shape index (κ1) is 26.1. The summed E-state index contributed by atoms with van der Waals surface area (Å²) in [5, 5.41) is 18.9. The van der Waals surface area contributed by atoms with E-state index in [9.17, 15) is 29.3 Å². The number of methoxy groups -OCH3 is 2. The van der Waals surface area contributed by atoms with Gasteiger partial charge in [0.2, 0.25) is 17.7 Å². The standard InChI is InChI=1S/C24H26N4O8/c1-35-20-9-8-15(12-19(20)28(33)34)11-18(24(32)36-2)25-21(29)13-17-23(31)26-16(22(30)27-17)10-14-6-4-3-5-7-14/h3-9,12,16-18H,10-11,13H2,1-2H3,(H,25,29)(H,26,31)(H,27,30)/t16-,17-,18+/m0/s1. The van der Waals surface area contributed by atoms with Crippen molar-refractivity contribution in [3.05, 3.63) is 69.8 Å². The van der Waals surface area contributed by atoms with Crippen molar-refractivity contribution in [2.75, 3.05) is 14.2 Å². The number of nitrogens with one attached hydrogen (secondary N) is 3. The minimum atomic E-state index is -1.18. The van der Waals surface area contributed by atoms with Crippen LogP contribution in [0.15, 0.2) is 48.5 Å². The lowest BCUT2D eigenvalue weighted by Crippen LogP contribution is -2.63. The van der Waals surface area contributed by atoms with Crippen LogP contribution in [0.4, 0.5) is 5.69 Å². The Kier molecular flexibility index (Phi) is 8.55. The first-order valence-corrected chi connectivity index (χ1v) is 11.0. The number of rotatable bonds is 10. The van der Waals surface area contributed by atoms with Gasteiger partial charge in [0.15, 0.2) is 5.75 Å². The lowest BCUT2D eigenvalue weighted by atomic mass is 10.0. The number of nitro benzene ring substituents is 1. The molecule has 1 fully saturated rings. The third-order valence-corrected chi connectivity index (χ3v) is 5.64. The lowest BCUT2D eigenvalue weighted by molar-refractivity contribution is -0.385. The number of ether oxygens (including phenoxy) is 2. The molecule has 3 amide bonds. The van der Waals surface area contributed by atoms with Gasteiger partial charge in [-0.25, -0.2) is 4.79 Å². The number of hydrogen-bond donors (Lipinski definition) is 3. The molecule has 12 nitrogen and oxygen atoms in total. The van der Waals surface area contributed by atoms with Crippen molar-refractivity contribution in [2.24, 2.45) is 0 Å². The number of esters is 1. The van der Waals surface area contributed by atoms with E-state index < -0.39 is 53.2 Å². The minimum Gasteiger partial charge on any atom is -0.490 e. The zero-order valence-electron chi connectivity index (χ0n) is 19.7. The van der Waals surface area contributed by atoms with Crippen LogP contribution in [0.25, 0.3) is 0 Å². The first-order chi connectivity index (χ1) is 17.2. The Morgan fingerprint density at radius 3 is 2.33 bits per heavy atom.